The summed E-state index contributed by atoms with van der Waals surface area (Å²) in [5.41, 5.74) is 2.89. The Morgan fingerprint density at radius 1 is 1.35 bits per heavy atom. The molecule has 1 heterocycles. The fourth-order valence-corrected chi connectivity index (χ4v) is 3.45. The molecular weight excluding hydrogens is 454 g/mol. The first-order chi connectivity index (χ1) is 16.5. The van der Waals surface area contributed by atoms with Crippen molar-refractivity contribution in [3.8, 4) is 0 Å². The van der Waals surface area contributed by atoms with Gasteiger partial charge < -0.3 is 15.0 Å². The predicted octanol–water partition coefficient (Wildman–Crippen LogP) is 6.08. The van der Waals surface area contributed by atoms with Crippen LogP contribution < -0.4 is 5.32 Å². The lowest BCUT2D eigenvalue weighted by Crippen LogP contribution is -2.25. The molecule has 1 saturated carbocycles. The molecule has 0 saturated heterocycles. The molecule has 1 N–H and O–H groups in total. The van der Waals surface area contributed by atoms with Crippen molar-refractivity contribution < 1.29 is 13.0 Å². The van der Waals surface area contributed by atoms with Crippen LogP contribution in [0.25, 0.3) is 0 Å². The quantitative estimate of drug-likeness (QED) is 0.341. The third-order valence-corrected chi connectivity index (χ3v) is 5.77. The van der Waals surface area contributed by atoms with Crippen LogP contribution in [0.4, 0.5) is 8.28 Å². The first-order valence-electron chi connectivity index (χ1n) is 11.1. The highest BCUT2D eigenvalue weighted by atomic mass is 32.2. The molecule has 180 valence electrons. The van der Waals surface area contributed by atoms with E-state index in [1.54, 1.807) is 30.8 Å². The second-order valence-corrected chi connectivity index (χ2v) is 8.70. The fraction of sp³-hybridized carbons (Fsp3) is 0.308. The van der Waals surface area contributed by atoms with E-state index in [0.717, 1.165) is 23.0 Å². The normalized spacial score (nSPS) is 20.3. The van der Waals surface area contributed by atoms with E-state index in [4.69, 9.17) is 4.74 Å². The van der Waals surface area contributed by atoms with Crippen molar-refractivity contribution in [1.82, 2.24) is 10.2 Å². The highest BCUT2D eigenvalue weighted by Gasteiger charge is 2.25. The highest BCUT2D eigenvalue weighted by Crippen LogP contribution is 2.34. The minimum Gasteiger partial charge on any atom is -0.493 e. The second-order valence-electron chi connectivity index (χ2n) is 8.07. The SMILES string of the molecule is C=C(NC1C=CC(C(=C)N(C)CC=N/C=C\COC2=CC=C(SF)C=C(F)C2)=CC=N1)C1CC1. The lowest BCUT2D eigenvalue weighted by molar-refractivity contribution is 0.237. The lowest BCUT2D eigenvalue weighted by atomic mass is 10.1. The van der Waals surface area contributed by atoms with E-state index >= 15 is 0 Å². The molecule has 34 heavy (non-hydrogen) atoms. The van der Waals surface area contributed by atoms with Crippen LogP contribution in [0.3, 0.4) is 0 Å². The molecule has 0 aromatic rings. The summed E-state index contributed by atoms with van der Waals surface area (Å²) in [5.74, 6) is 0.581. The minimum absolute atomic E-state index is 0.00324. The van der Waals surface area contributed by atoms with Gasteiger partial charge in [-0.2, -0.15) is 3.89 Å². The molecule has 0 aromatic carbocycles. The Bertz CT molecular complexity index is 1020. The van der Waals surface area contributed by atoms with Crippen LogP contribution in [0.1, 0.15) is 19.3 Å². The molecule has 0 aromatic heterocycles. The number of hydrogen-bond donors (Lipinski definition) is 1. The van der Waals surface area contributed by atoms with Gasteiger partial charge in [0.25, 0.3) is 0 Å². The maximum absolute atomic E-state index is 13.6. The molecule has 0 spiro atoms. The number of likely N-dealkylation sites (N-methyl/N-ethyl adjacent to an activating group) is 1. The van der Waals surface area contributed by atoms with Gasteiger partial charge in [-0.15, -0.1) is 0 Å². The molecule has 1 aliphatic heterocycles. The average molecular weight is 485 g/mol. The summed E-state index contributed by atoms with van der Waals surface area (Å²) in [6, 6.07) is 0. The van der Waals surface area contributed by atoms with Crippen molar-refractivity contribution in [3.63, 3.8) is 0 Å². The Morgan fingerprint density at radius 3 is 2.94 bits per heavy atom. The first-order valence-corrected chi connectivity index (χ1v) is 11.8. The Labute approximate surface area is 204 Å². The number of halogens is 2. The number of nitrogens with zero attached hydrogens (tertiary/aromatic N) is 3. The zero-order valence-corrected chi connectivity index (χ0v) is 20.1. The Morgan fingerprint density at radius 2 is 2.18 bits per heavy atom. The number of allylic oxidation sites excluding steroid dienone is 7. The van der Waals surface area contributed by atoms with E-state index in [-0.39, 0.29) is 36.2 Å². The van der Waals surface area contributed by atoms with Gasteiger partial charge in [-0.25, -0.2) is 4.39 Å². The fourth-order valence-electron chi connectivity index (χ4n) is 3.15. The largest absolute Gasteiger partial charge is 0.493 e. The maximum atomic E-state index is 13.6. The average Bonchev–Trinajstić information content (AvgIpc) is 3.68. The van der Waals surface area contributed by atoms with Crippen LogP contribution in [0.15, 0.2) is 105 Å². The summed E-state index contributed by atoms with van der Waals surface area (Å²) < 4.78 is 31.8. The van der Waals surface area contributed by atoms with Gasteiger partial charge in [0.1, 0.15) is 24.4 Å². The zero-order valence-electron chi connectivity index (χ0n) is 19.3. The molecule has 1 unspecified atom stereocenters. The van der Waals surface area contributed by atoms with E-state index in [1.165, 1.54) is 18.9 Å². The number of aliphatic imine (C=N–C) groups is 2. The van der Waals surface area contributed by atoms with Crippen molar-refractivity contribution in [2.24, 2.45) is 15.9 Å². The van der Waals surface area contributed by atoms with Crippen LogP contribution in [0.2, 0.25) is 0 Å². The Balaban J connectivity index is 1.39. The maximum Gasteiger partial charge on any atom is 0.137 e. The summed E-state index contributed by atoms with van der Waals surface area (Å²) in [6.45, 7) is 9.09. The topological polar surface area (TPSA) is 49.2 Å². The third kappa shape index (κ3) is 8.33. The predicted molar refractivity (Wildman–Crippen MR) is 139 cm³/mol. The standard InChI is InChI=1S/C26H30F2N4OS/c1-19(21-5-6-21)31-26-10-7-22(11-13-30-26)20(2)32(3)15-14-29-12-4-16-33-24-8-9-25(34-28)18-23(27)17-24/h4,7-14,18,21,26,31H,1-2,5-6,15-17H2,3H3/b12-4-,29-14?. The van der Waals surface area contributed by atoms with Crippen molar-refractivity contribution in [2.75, 3.05) is 20.2 Å². The first kappa shape index (κ1) is 25.5. The van der Waals surface area contributed by atoms with E-state index < -0.39 is 5.83 Å². The van der Waals surface area contributed by atoms with Crippen LogP contribution in [-0.4, -0.2) is 43.7 Å². The van der Waals surface area contributed by atoms with Crippen LogP contribution in [-0.2, 0) is 4.74 Å². The third-order valence-electron chi connectivity index (χ3n) is 5.34. The molecule has 8 heteroatoms. The number of hydrogen-bond acceptors (Lipinski definition) is 6. The molecule has 3 aliphatic rings. The molecule has 0 radical (unpaired) electrons. The smallest absolute Gasteiger partial charge is 0.137 e. The summed E-state index contributed by atoms with van der Waals surface area (Å²) in [5, 5.41) is 3.36. The van der Waals surface area contributed by atoms with Gasteiger partial charge in [-0.1, -0.05) is 19.2 Å². The Kier molecular flexibility index (Phi) is 9.70. The molecule has 0 amide bonds. The van der Waals surface area contributed by atoms with E-state index in [2.05, 4.69) is 28.5 Å². The van der Waals surface area contributed by atoms with E-state index in [1.807, 2.05) is 30.2 Å². The number of nitrogens with one attached hydrogen (secondary N) is 1. The highest BCUT2D eigenvalue weighted by molar-refractivity contribution is 7.98. The number of rotatable bonds is 12. The molecule has 1 fully saturated rings. The molecular formula is C26H30F2N4OS. The van der Waals surface area contributed by atoms with Gasteiger partial charge in [0.15, 0.2) is 0 Å². The summed E-state index contributed by atoms with van der Waals surface area (Å²) >= 11 is 0.00324. The van der Waals surface area contributed by atoms with Crippen molar-refractivity contribution in [2.45, 2.75) is 25.4 Å². The lowest BCUT2D eigenvalue weighted by Gasteiger charge is -2.20. The van der Waals surface area contributed by atoms with Crippen LogP contribution in [0.5, 0.6) is 0 Å². The number of ether oxygens (including phenoxy) is 1. The second kappa shape index (κ2) is 12.9. The van der Waals surface area contributed by atoms with Crippen LogP contribution in [0, 0.1) is 5.92 Å². The molecule has 2 aliphatic carbocycles. The summed E-state index contributed by atoms with van der Waals surface area (Å²) in [4.78, 5) is 11.0. The van der Waals surface area contributed by atoms with Gasteiger partial charge in [0.05, 0.1) is 25.1 Å². The summed E-state index contributed by atoms with van der Waals surface area (Å²) in [6.07, 6.45) is 19.4. The Hall–Kier alpha value is -3.13. The van der Waals surface area contributed by atoms with Gasteiger partial charge in [-0.05, 0) is 60.8 Å². The van der Waals surface area contributed by atoms with Gasteiger partial charge in [-0.3, -0.25) is 9.98 Å². The molecule has 0 bridgehead atoms. The van der Waals surface area contributed by atoms with Gasteiger partial charge in [0, 0.05) is 42.0 Å². The zero-order chi connectivity index (χ0) is 24.3. The minimum atomic E-state index is -0.439. The van der Waals surface area contributed by atoms with Gasteiger partial charge >= 0.3 is 0 Å². The molecule has 1 atom stereocenters. The molecule has 3 rings (SSSR count). The van der Waals surface area contributed by atoms with Crippen molar-refractivity contribution in [1.29, 1.82) is 0 Å². The van der Waals surface area contributed by atoms with Gasteiger partial charge in [0.2, 0.25) is 0 Å². The van der Waals surface area contributed by atoms with E-state index in [9.17, 15) is 8.28 Å². The van der Waals surface area contributed by atoms with Crippen molar-refractivity contribution in [3.05, 3.63) is 95.3 Å². The van der Waals surface area contributed by atoms with Crippen molar-refractivity contribution >= 4 is 24.6 Å². The van der Waals surface area contributed by atoms with Crippen LogP contribution >= 0.6 is 12.1 Å². The summed E-state index contributed by atoms with van der Waals surface area (Å²) in [7, 11) is 1.95. The molecule has 5 nitrogen and oxygen atoms in total. The van der Waals surface area contributed by atoms with E-state index in [0.29, 0.717) is 18.2 Å². The monoisotopic (exact) mass is 484 g/mol.